The second kappa shape index (κ2) is 31.8. The van der Waals surface area contributed by atoms with Crippen LogP contribution in [0.15, 0.2) is 97.1 Å². The smallest absolute Gasteiger partial charge is 0.251 e. The highest BCUT2D eigenvalue weighted by Crippen LogP contribution is 2.29. The van der Waals surface area contributed by atoms with Gasteiger partial charge < -0.3 is 58.3 Å². The third-order valence-electron chi connectivity index (χ3n) is 12.3. The lowest BCUT2D eigenvalue weighted by Gasteiger charge is -2.36. The van der Waals surface area contributed by atoms with Crippen LogP contribution in [0.3, 0.4) is 0 Å². The minimum atomic E-state index is -0.0587. The van der Waals surface area contributed by atoms with E-state index in [0.29, 0.717) is 103 Å². The van der Waals surface area contributed by atoms with Gasteiger partial charge in [-0.05, 0) is 85.6 Å². The lowest BCUT2D eigenvalue weighted by atomic mass is 10.1. The lowest BCUT2D eigenvalue weighted by molar-refractivity contribution is -0.0185. The molecule has 0 aromatic heterocycles. The number of anilines is 2. The lowest BCUT2D eigenvalue weighted by Crippen LogP contribution is -2.47. The summed E-state index contributed by atoms with van der Waals surface area (Å²) < 4.78 is 45.0. The first-order chi connectivity index (χ1) is 34.5. The molecule has 0 saturated carbocycles. The average molecular weight is 969 g/mol. The molecular weight excluding hydrogens is 893 g/mol. The normalized spacial score (nSPS) is 14.4. The van der Waals surface area contributed by atoms with Crippen LogP contribution in [-0.4, -0.2) is 180 Å². The molecule has 0 unspecified atom stereocenters. The number of rotatable bonds is 33. The van der Waals surface area contributed by atoms with Crippen LogP contribution in [0, 0.1) is 0 Å². The minimum Gasteiger partial charge on any atom is -0.495 e. The zero-order valence-electron chi connectivity index (χ0n) is 41.5. The Morgan fingerprint density at radius 3 is 1.10 bits per heavy atom. The molecule has 4 aromatic rings. The van der Waals surface area contributed by atoms with Gasteiger partial charge in [-0.25, -0.2) is 0 Å². The van der Waals surface area contributed by atoms with E-state index in [0.717, 1.165) is 112 Å². The van der Waals surface area contributed by atoms with Gasteiger partial charge in [0.15, 0.2) is 0 Å². The van der Waals surface area contributed by atoms with Crippen molar-refractivity contribution in [3.05, 3.63) is 119 Å². The highest BCUT2D eigenvalue weighted by Gasteiger charge is 2.21. The summed E-state index contributed by atoms with van der Waals surface area (Å²) in [4.78, 5) is 35.0. The van der Waals surface area contributed by atoms with Gasteiger partial charge in [-0.1, -0.05) is 48.5 Å². The first-order valence-corrected chi connectivity index (χ1v) is 24.9. The molecule has 16 nitrogen and oxygen atoms in total. The van der Waals surface area contributed by atoms with E-state index in [-0.39, 0.29) is 11.8 Å². The Morgan fingerprint density at radius 2 is 0.757 bits per heavy atom. The van der Waals surface area contributed by atoms with Crippen molar-refractivity contribution in [1.82, 2.24) is 20.4 Å². The molecule has 2 N–H and O–H groups in total. The molecule has 382 valence electrons. The van der Waals surface area contributed by atoms with E-state index in [4.69, 9.17) is 37.9 Å². The van der Waals surface area contributed by atoms with Crippen LogP contribution >= 0.6 is 0 Å². The number of carbonyl (C=O) groups is 2. The summed E-state index contributed by atoms with van der Waals surface area (Å²) in [6, 6.07) is 31.4. The van der Waals surface area contributed by atoms with Crippen LogP contribution < -0.4 is 29.9 Å². The van der Waals surface area contributed by atoms with Crippen LogP contribution in [0.2, 0.25) is 0 Å². The summed E-state index contributed by atoms with van der Waals surface area (Å²) in [5, 5.41) is 6.11. The SMILES string of the molecule is COc1ccccc1N1CCN(CCCNC(=O)c2ccc(COCCOCCOCCOCCOCCOCc3ccc(C(=O)NCCCN4CCN(c5ccccc5OC)CC4)cc3)cc2)CC1. The quantitative estimate of drug-likeness (QED) is 0.0590. The Balaban J connectivity index is 0.660. The Hall–Kier alpha value is -5.30. The van der Waals surface area contributed by atoms with Gasteiger partial charge in [0.1, 0.15) is 11.5 Å². The van der Waals surface area contributed by atoms with Crippen molar-refractivity contribution in [2.75, 3.05) is 169 Å². The number of methoxy groups -OCH3 is 2. The van der Waals surface area contributed by atoms with Crippen molar-refractivity contribution in [3.8, 4) is 11.5 Å². The Kier molecular flexibility index (Phi) is 24.6. The number of piperazine rings is 2. The summed E-state index contributed by atoms with van der Waals surface area (Å²) in [5.41, 5.74) is 5.59. The largest absolute Gasteiger partial charge is 0.495 e. The zero-order valence-corrected chi connectivity index (χ0v) is 41.5. The van der Waals surface area contributed by atoms with Crippen LogP contribution in [0.4, 0.5) is 11.4 Å². The molecule has 4 aromatic carbocycles. The highest BCUT2D eigenvalue weighted by atomic mass is 16.6. The zero-order chi connectivity index (χ0) is 48.9. The summed E-state index contributed by atoms with van der Waals surface area (Å²) in [5.74, 6) is 1.71. The molecule has 2 aliphatic heterocycles. The topological polar surface area (TPSA) is 145 Å². The number of amides is 2. The standard InChI is InChI=1S/C54H76N6O10/c1-63-51-11-5-3-9-49(51)59-29-25-57(26-30-59)23-7-21-55-53(61)47-17-13-45(14-18-47)43-69-41-39-67-37-35-65-33-34-66-36-38-68-40-42-70-44-46-15-19-48(20-16-46)54(62)56-22-8-24-58-27-31-60(32-28-58)50-10-4-6-12-52(50)64-2/h3-6,9-20H,7-8,21-44H2,1-2H3,(H,55,61)(H,56,62). The van der Waals surface area contributed by atoms with Crippen LogP contribution in [0.1, 0.15) is 44.7 Å². The highest BCUT2D eigenvalue weighted by molar-refractivity contribution is 5.94. The number of carbonyl (C=O) groups excluding carboxylic acids is 2. The molecule has 70 heavy (non-hydrogen) atoms. The number of hydrogen-bond acceptors (Lipinski definition) is 14. The third-order valence-corrected chi connectivity index (χ3v) is 12.3. The predicted molar refractivity (Wildman–Crippen MR) is 273 cm³/mol. The molecular formula is C54H76N6O10. The molecule has 0 bridgehead atoms. The number of benzene rings is 4. The maximum Gasteiger partial charge on any atom is 0.251 e. The first-order valence-electron chi connectivity index (χ1n) is 24.9. The van der Waals surface area contributed by atoms with Crippen molar-refractivity contribution in [3.63, 3.8) is 0 Å². The maximum atomic E-state index is 12.7. The third kappa shape index (κ3) is 19.1. The molecule has 2 heterocycles. The number of nitrogens with zero attached hydrogens (tertiary/aromatic N) is 4. The maximum absolute atomic E-state index is 12.7. The van der Waals surface area contributed by atoms with E-state index in [1.165, 1.54) is 0 Å². The number of hydrogen-bond donors (Lipinski definition) is 2. The van der Waals surface area contributed by atoms with E-state index >= 15 is 0 Å². The number of ether oxygens (including phenoxy) is 8. The van der Waals surface area contributed by atoms with Crippen molar-refractivity contribution in [2.45, 2.75) is 26.1 Å². The summed E-state index contributed by atoms with van der Waals surface area (Å²) in [7, 11) is 3.43. The van der Waals surface area contributed by atoms with Gasteiger partial charge in [-0.15, -0.1) is 0 Å². The fraction of sp³-hybridized carbons (Fsp3) is 0.519. The molecule has 0 aliphatic carbocycles. The number of para-hydroxylation sites is 4. The van der Waals surface area contributed by atoms with Crippen molar-refractivity contribution < 1.29 is 47.5 Å². The van der Waals surface area contributed by atoms with E-state index < -0.39 is 0 Å². The molecule has 0 atom stereocenters. The van der Waals surface area contributed by atoms with Gasteiger partial charge in [0.05, 0.1) is 105 Å². The van der Waals surface area contributed by atoms with Gasteiger partial charge in [-0.2, -0.15) is 0 Å². The van der Waals surface area contributed by atoms with Crippen molar-refractivity contribution >= 4 is 23.2 Å². The minimum absolute atomic E-state index is 0.0587. The Bertz CT molecular complexity index is 1920. The van der Waals surface area contributed by atoms with E-state index in [1.54, 1.807) is 14.2 Å². The van der Waals surface area contributed by atoms with E-state index in [1.807, 2.05) is 72.8 Å². The Morgan fingerprint density at radius 1 is 0.429 bits per heavy atom. The van der Waals surface area contributed by atoms with E-state index in [2.05, 4.69) is 54.5 Å². The fourth-order valence-corrected chi connectivity index (χ4v) is 8.30. The molecule has 0 spiro atoms. The summed E-state index contributed by atoms with van der Waals surface area (Å²) >= 11 is 0. The molecule has 2 aliphatic rings. The molecule has 0 radical (unpaired) electrons. The van der Waals surface area contributed by atoms with Gasteiger partial charge in [0.2, 0.25) is 0 Å². The van der Waals surface area contributed by atoms with Crippen LogP contribution in [0.25, 0.3) is 0 Å². The molecule has 6 rings (SSSR count). The molecule has 2 amide bonds. The van der Waals surface area contributed by atoms with Gasteiger partial charge in [-0.3, -0.25) is 19.4 Å². The fourth-order valence-electron chi connectivity index (χ4n) is 8.30. The van der Waals surface area contributed by atoms with E-state index in [9.17, 15) is 9.59 Å². The summed E-state index contributed by atoms with van der Waals surface area (Å²) in [6.07, 6.45) is 1.81. The molecule has 2 fully saturated rings. The summed E-state index contributed by atoms with van der Waals surface area (Å²) in [6.45, 7) is 16.6. The van der Waals surface area contributed by atoms with Gasteiger partial charge >= 0.3 is 0 Å². The van der Waals surface area contributed by atoms with Crippen molar-refractivity contribution in [1.29, 1.82) is 0 Å². The predicted octanol–water partition coefficient (Wildman–Crippen LogP) is 5.39. The second-order valence-electron chi connectivity index (χ2n) is 17.2. The molecule has 16 heteroatoms. The van der Waals surface area contributed by atoms with Crippen LogP contribution in [0.5, 0.6) is 11.5 Å². The average Bonchev–Trinajstić information content (AvgIpc) is 3.41. The monoisotopic (exact) mass is 969 g/mol. The number of nitrogens with one attached hydrogen (secondary N) is 2. The van der Waals surface area contributed by atoms with Crippen LogP contribution in [-0.2, 0) is 41.6 Å². The van der Waals surface area contributed by atoms with Gasteiger partial charge in [0, 0.05) is 76.6 Å². The van der Waals surface area contributed by atoms with Crippen molar-refractivity contribution in [2.24, 2.45) is 0 Å². The van der Waals surface area contributed by atoms with Gasteiger partial charge in [0.25, 0.3) is 11.8 Å². The Labute approximate surface area is 415 Å². The first kappa shape index (κ1) is 54.0. The molecule has 2 saturated heterocycles. The second-order valence-corrected chi connectivity index (χ2v) is 17.2.